The highest BCUT2D eigenvalue weighted by Crippen LogP contribution is 2.44. The lowest BCUT2D eigenvalue weighted by Gasteiger charge is -2.43. The maximum atomic E-state index is 12.8. The van der Waals surface area contributed by atoms with Gasteiger partial charge in [-0.1, -0.05) is 6.42 Å². The Labute approximate surface area is 123 Å². The normalized spacial score (nSPS) is 36.5. The molecule has 0 aliphatic carbocycles. The van der Waals surface area contributed by atoms with E-state index in [1.165, 1.54) is 0 Å². The van der Waals surface area contributed by atoms with Gasteiger partial charge in [0.2, 0.25) is 0 Å². The molecule has 3 rings (SSSR count). The van der Waals surface area contributed by atoms with Crippen LogP contribution in [0.5, 0.6) is 0 Å². The third-order valence-corrected chi connectivity index (χ3v) is 6.52. The summed E-state index contributed by atoms with van der Waals surface area (Å²) in [7, 11) is -0.989. The van der Waals surface area contributed by atoms with Crippen LogP contribution in [0.25, 0.3) is 0 Å². The maximum Gasteiger partial charge on any atom is 0.416 e. The fourth-order valence-corrected chi connectivity index (χ4v) is 5.58. The number of rotatable bonds is 1. The minimum Gasteiger partial charge on any atom is -0.383 e. The van der Waals surface area contributed by atoms with Gasteiger partial charge in [0.1, 0.15) is 5.60 Å². The molecule has 2 bridgehead atoms. The van der Waals surface area contributed by atoms with Crippen LogP contribution in [0.2, 0.25) is 0 Å². The molecule has 0 saturated carbocycles. The number of aromatic nitrogens is 1. The first-order valence-corrected chi connectivity index (χ1v) is 8.23. The number of pyridine rings is 1. The van der Waals surface area contributed by atoms with Crippen LogP contribution in [0.4, 0.5) is 13.2 Å². The summed E-state index contributed by atoms with van der Waals surface area (Å²) in [6, 6.07) is 1.82. The Morgan fingerprint density at radius 1 is 1.29 bits per heavy atom. The van der Waals surface area contributed by atoms with E-state index in [2.05, 4.69) is 4.98 Å². The van der Waals surface area contributed by atoms with E-state index in [0.717, 1.165) is 37.6 Å². The highest BCUT2D eigenvalue weighted by molar-refractivity contribution is 7.86. The Hall–Kier alpha value is -0.950. The Kier molecular flexibility index (Phi) is 3.60. The van der Waals surface area contributed by atoms with Crippen molar-refractivity contribution < 1.29 is 22.5 Å². The van der Waals surface area contributed by atoms with Crippen LogP contribution < -0.4 is 0 Å². The molecule has 2 fully saturated rings. The van der Waals surface area contributed by atoms with Crippen LogP contribution >= 0.6 is 0 Å². The van der Waals surface area contributed by atoms with Crippen molar-refractivity contribution >= 4 is 10.8 Å². The number of alkyl halides is 3. The zero-order chi connectivity index (χ0) is 15.3. The molecule has 7 heteroatoms. The Bertz CT molecular complexity index is 560. The minimum absolute atomic E-state index is 0.0472. The summed E-state index contributed by atoms with van der Waals surface area (Å²) < 4.78 is 50.5. The topological polar surface area (TPSA) is 50.2 Å². The molecular formula is C14H16F3NO2S. The number of halogens is 3. The highest BCUT2D eigenvalue weighted by Gasteiger charge is 2.47. The van der Waals surface area contributed by atoms with Crippen molar-refractivity contribution in [2.75, 3.05) is 0 Å². The molecule has 2 atom stereocenters. The number of aliphatic hydroxyl groups is 1. The molecule has 116 valence electrons. The molecule has 3 heterocycles. The second-order valence-electron chi connectivity index (χ2n) is 5.87. The molecule has 0 amide bonds. The largest absolute Gasteiger partial charge is 0.416 e. The molecule has 0 spiro atoms. The van der Waals surface area contributed by atoms with E-state index in [0.29, 0.717) is 0 Å². The third kappa shape index (κ3) is 2.73. The van der Waals surface area contributed by atoms with E-state index in [1.54, 1.807) is 0 Å². The summed E-state index contributed by atoms with van der Waals surface area (Å²) in [6.45, 7) is 0. The fourth-order valence-electron chi connectivity index (χ4n) is 3.35. The van der Waals surface area contributed by atoms with Crippen molar-refractivity contribution in [3.8, 4) is 0 Å². The summed E-state index contributed by atoms with van der Waals surface area (Å²) in [5.74, 6) is 0. The zero-order valence-corrected chi connectivity index (χ0v) is 12.1. The van der Waals surface area contributed by atoms with Gasteiger partial charge in [-0.3, -0.25) is 9.19 Å². The van der Waals surface area contributed by atoms with Crippen LogP contribution in [-0.2, 0) is 22.6 Å². The van der Waals surface area contributed by atoms with Crippen LogP contribution in [0.15, 0.2) is 18.3 Å². The van der Waals surface area contributed by atoms with E-state index >= 15 is 0 Å². The molecule has 1 aromatic heterocycles. The van der Waals surface area contributed by atoms with Gasteiger partial charge < -0.3 is 5.11 Å². The summed E-state index contributed by atoms with van der Waals surface area (Å²) in [5.41, 5.74) is -2.16. The molecule has 3 nitrogen and oxygen atoms in total. The quantitative estimate of drug-likeness (QED) is 0.866. The van der Waals surface area contributed by atoms with E-state index in [1.807, 2.05) is 0 Å². The molecular weight excluding hydrogens is 303 g/mol. The molecule has 1 aromatic rings. The van der Waals surface area contributed by atoms with E-state index in [-0.39, 0.29) is 29.0 Å². The van der Waals surface area contributed by atoms with Gasteiger partial charge >= 0.3 is 6.18 Å². The first kappa shape index (κ1) is 15.0. The summed E-state index contributed by atoms with van der Waals surface area (Å²) >= 11 is 0. The third-order valence-electron chi connectivity index (χ3n) is 4.40. The van der Waals surface area contributed by atoms with Gasteiger partial charge in [0.25, 0.3) is 0 Å². The van der Waals surface area contributed by atoms with Gasteiger partial charge in [0.15, 0.2) is 0 Å². The van der Waals surface area contributed by atoms with Gasteiger partial charge in [-0.05, 0) is 37.8 Å². The zero-order valence-electron chi connectivity index (χ0n) is 11.3. The Morgan fingerprint density at radius 3 is 2.48 bits per heavy atom. The smallest absolute Gasteiger partial charge is 0.383 e. The van der Waals surface area contributed by atoms with Crippen LogP contribution in [0, 0.1) is 0 Å². The van der Waals surface area contributed by atoms with Crippen molar-refractivity contribution in [3.63, 3.8) is 0 Å². The lowest BCUT2D eigenvalue weighted by atomic mass is 9.82. The molecule has 21 heavy (non-hydrogen) atoms. The van der Waals surface area contributed by atoms with E-state index in [4.69, 9.17) is 0 Å². The number of hydrogen-bond acceptors (Lipinski definition) is 3. The van der Waals surface area contributed by atoms with Gasteiger partial charge in [0.05, 0.1) is 11.3 Å². The molecule has 2 aliphatic rings. The molecule has 1 N–H and O–H groups in total. The standard InChI is InChI=1S/C14H16F3NO2S/c15-14(16,17)9-4-5-18-12(6-9)13(19)7-10-2-1-3-11(8-13)21(10)20/h4-6,10-11,19H,1-3,7-8H2. The maximum absolute atomic E-state index is 12.8. The lowest BCUT2D eigenvalue weighted by molar-refractivity contribution is -0.137. The van der Waals surface area contributed by atoms with Gasteiger partial charge in [-0.25, -0.2) is 0 Å². The lowest BCUT2D eigenvalue weighted by Crippen LogP contribution is -2.47. The molecule has 2 saturated heterocycles. The fraction of sp³-hybridized carbons (Fsp3) is 0.643. The van der Waals surface area contributed by atoms with Crippen molar-refractivity contribution in [2.45, 2.75) is 54.4 Å². The number of nitrogens with zero attached hydrogens (tertiary/aromatic N) is 1. The van der Waals surface area contributed by atoms with Crippen LogP contribution in [0.1, 0.15) is 43.4 Å². The predicted octanol–water partition coefficient (Wildman–Crippen LogP) is 2.75. The van der Waals surface area contributed by atoms with Crippen molar-refractivity contribution in [1.29, 1.82) is 0 Å². The van der Waals surface area contributed by atoms with Gasteiger partial charge in [-0.2, -0.15) is 13.2 Å². The predicted molar refractivity (Wildman–Crippen MR) is 71.9 cm³/mol. The molecule has 0 aromatic carbocycles. The molecule has 2 aliphatic heterocycles. The Morgan fingerprint density at radius 2 is 1.90 bits per heavy atom. The first-order chi connectivity index (χ1) is 9.79. The summed E-state index contributed by atoms with van der Waals surface area (Å²) in [4.78, 5) is 3.95. The first-order valence-electron chi connectivity index (χ1n) is 6.95. The van der Waals surface area contributed by atoms with E-state index < -0.39 is 28.1 Å². The SMILES string of the molecule is O=S1C2CCCC1CC(O)(c1cc(C(F)(F)F)ccn1)C2. The number of hydrogen-bond donors (Lipinski definition) is 1. The van der Waals surface area contributed by atoms with Crippen LogP contribution in [0.3, 0.4) is 0 Å². The van der Waals surface area contributed by atoms with Crippen molar-refractivity contribution in [3.05, 3.63) is 29.6 Å². The van der Waals surface area contributed by atoms with Crippen molar-refractivity contribution in [2.24, 2.45) is 0 Å². The van der Waals surface area contributed by atoms with E-state index in [9.17, 15) is 22.5 Å². The second-order valence-corrected chi connectivity index (χ2v) is 7.86. The highest BCUT2D eigenvalue weighted by atomic mass is 32.2. The molecule has 0 radical (unpaired) electrons. The van der Waals surface area contributed by atoms with Crippen LogP contribution in [-0.4, -0.2) is 24.8 Å². The summed E-state index contributed by atoms with van der Waals surface area (Å²) in [6.07, 6.45) is -0.449. The van der Waals surface area contributed by atoms with Gasteiger partial charge in [-0.15, -0.1) is 0 Å². The average Bonchev–Trinajstić information content (AvgIpc) is 2.40. The second kappa shape index (κ2) is 5.05. The monoisotopic (exact) mass is 319 g/mol. The minimum atomic E-state index is -4.46. The van der Waals surface area contributed by atoms with Gasteiger partial charge in [0, 0.05) is 27.5 Å². The van der Waals surface area contributed by atoms with Crippen molar-refractivity contribution in [1.82, 2.24) is 4.98 Å². The average molecular weight is 319 g/mol. The molecule has 2 unspecified atom stereocenters. The Balaban J connectivity index is 1.94. The summed E-state index contributed by atoms with van der Waals surface area (Å²) in [5, 5.41) is 10.5. The number of fused-ring (bicyclic) bond motifs is 2.